The smallest absolute Gasteiger partial charge is 0.228 e. The number of benzene rings is 1. The number of hydrogen-bond donors (Lipinski definition) is 0. The minimum Gasteiger partial charge on any atom is -0.290 e. The van der Waals surface area contributed by atoms with E-state index in [1.165, 1.54) is 5.56 Å². The van der Waals surface area contributed by atoms with E-state index in [9.17, 15) is 0 Å². The lowest BCUT2D eigenvalue weighted by molar-refractivity contribution is 0.562. The Labute approximate surface area is 67.4 Å². The fraction of sp³-hybridized carbons (Fsp3) is 0.125. The minimum atomic E-state index is -0.432. The zero-order chi connectivity index (χ0) is 8.53. The van der Waals surface area contributed by atoms with Crippen molar-refractivity contribution in [1.29, 1.82) is 0 Å². The van der Waals surface area contributed by atoms with Gasteiger partial charge in [-0.3, -0.25) is 9.36 Å². The molecule has 0 aliphatic heterocycles. The third kappa shape index (κ3) is 6.88. The van der Waals surface area contributed by atoms with Gasteiger partial charge in [-0.05, 0) is 6.92 Å². The largest absolute Gasteiger partial charge is 0.290 e. The maximum atomic E-state index is 8.90. The van der Waals surface area contributed by atoms with E-state index >= 15 is 0 Å². The molecule has 0 spiro atoms. The van der Waals surface area contributed by atoms with Crippen LogP contribution >= 0.6 is 8.46 Å². The number of carbonyl (C=O) groups is 1. The molecule has 0 radical (unpaired) electrons. The second-order valence-corrected chi connectivity index (χ2v) is 2.29. The zero-order valence-corrected chi connectivity index (χ0v) is 7.12. The van der Waals surface area contributed by atoms with Gasteiger partial charge in [0.05, 0.1) is 0 Å². The third-order valence-electron chi connectivity index (χ3n) is 0.983. The first-order chi connectivity index (χ1) is 5.31. The summed E-state index contributed by atoms with van der Waals surface area (Å²) >= 11 is 0. The van der Waals surface area contributed by atoms with Crippen LogP contribution in [0.15, 0.2) is 30.3 Å². The van der Waals surface area contributed by atoms with Crippen molar-refractivity contribution in [2.24, 2.45) is 0 Å². The Morgan fingerprint density at radius 2 is 1.73 bits per heavy atom. The summed E-state index contributed by atoms with van der Waals surface area (Å²) in [6.45, 7) is 2.08. The molecule has 0 amide bonds. The van der Waals surface area contributed by atoms with Crippen molar-refractivity contribution >= 4 is 14.5 Å². The van der Waals surface area contributed by atoms with Gasteiger partial charge in [-0.1, -0.05) is 35.9 Å². The molecule has 1 aromatic carbocycles. The molecular formula is C8H9O2P. The lowest BCUT2D eigenvalue weighted by Gasteiger charge is -1.82. The summed E-state index contributed by atoms with van der Waals surface area (Å²) in [5, 5.41) is 0. The van der Waals surface area contributed by atoms with E-state index in [2.05, 4.69) is 19.1 Å². The number of carbonyl (C=O) groups excluding carboxylic acids is 1. The summed E-state index contributed by atoms with van der Waals surface area (Å²) in [6.07, 6.45) is 0. The van der Waals surface area contributed by atoms with Crippen LogP contribution in [0.25, 0.3) is 0 Å². The van der Waals surface area contributed by atoms with Crippen LogP contribution in [0.4, 0.5) is 0 Å². The standard InChI is InChI=1S/C7H8.CHO2P/c1-7-5-3-2-4-6-7;2-1-4-3/h2-6H,1H3;1H. The maximum Gasteiger partial charge on any atom is 0.228 e. The molecule has 11 heavy (non-hydrogen) atoms. The molecule has 0 aliphatic rings. The highest BCUT2D eigenvalue weighted by atomic mass is 31.1. The van der Waals surface area contributed by atoms with Crippen LogP contribution in [0.1, 0.15) is 5.56 Å². The lowest BCUT2D eigenvalue weighted by atomic mass is 10.2. The molecule has 0 saturated heterocycles. The monoisotopic (exact) mass is 168 g/mol. The molecule has 0 N–H and O–H groups in total. The summed E-state index contributed by atoms with van der Waals surface area (Å²) in [5.74, 6) is 0. The van der Waals surface area contributed by atoms with E-state index in [0.717, 1.165) is 0 Å². The van der Waals surface area contributed by atoms with E-state index in [0.29, 0.717) is 6.03 Å². The Morgan fingerprint density at radius 1 is 1.27 bits per heavy atom. The van der Waals surface area contributed by atoms with Crippen molar-refractivity contribution in [2.45, 2.75) is 6.92 Å². The van der Waals surface area contributed by atoms with Crippen molar-refractivity contribution in [3.8, 4) is 0 Å². The fourth-order valence-corrected chi connectivity index (χ4v) is 0.534. The minimum absolute atomic E-state index is 0.292. The van der Waals surface area contributed by atoms with Crippen LogP contribution in [0, 0.1) is 6.92 Å². The number of rotatable bonds is 1. The number of hydrogen-bond acceptors (Lipinski definition) is 2. The molecule has 1 aromatic rings. The van der Waals surface area contributed by atoms with Gasteiger partial charge in [0.25, 0.3) is 0 Å². The molecule has 0 unspecified atom stereocenters. The predicted molar refractivity (Wildman–Crippen MR) is 45.5 cm³/mol. The molecule has 1 rings (SSSR count). The van der Waals surface area contributed by atoms with Crippen molar-refractivity contribution in [1.82, 2.24) is 0 Å². The molecule has 0 aliphatic carbocycles. The molecule has 0 atom stereocenters. The maximum absolute atomic E-state index is 8.90. The van der Waals surface area contributed by atoms with Gasteiger partial charge in [0.15, 0.2) is 0 Å². The first-order valence-corrected chi connectivity index (χ1v) is 3.97. The molecule has 3 heteroatoms. The van der Waals surface area contributed by atoms with Crippen molar-refractivity contribution in [2.75, 3.05) is 0 Å². The van der Waals surface area contributed by atoms with Crippen LogP contribution in [-0.2, 0) is 9.36 Å². The van der Waals surface area contributed by atoms with Crippen LogP contribution in [-0.4, -0.2) is 6.03 Å². The van der Waals surface area contributed by atoms with Crippen molar-refractivity contribution in [3.05, 3.63) is 35.9 Å². The van der Waals surface area contributed by atoms with E-state index in [-0.39, 0.29) is 0 Å². The molecule has 0 heterocycles. The first-order valence-electron chi connectivity index (χ1n) is 3.09. The Balaban J connectivity index is 0.000000218. The average Bonchev–Trinajstić information content (AvgIpc) is 2.07. The first kappa shape index (κ1) is 9.99. The van der Waals surface area contributed by atoms with E-state index in [4.69, 9.17) is 9.36 Å². The summed E-state index contributed by atoms with van der Waals surface area (Å²) < 4.78 is 8.90. The van der Waals surface area contributed by atoms with Gasteiger partial charge in [0.2, 0.25) is 14.5 Å². The van der Waals surface area contributed by atoms with Gasteiger partial charge < -0.3 is 0 Å². The van der Waals surface area contributed by atoms with Gasteiger partial charge >= 0.3 is 0 Å². The Hall–Kier alpha value is -1.01. The lowest BCUT2D eigenvalue weighted by Crippen LogP contribution is -1.62. The Morgan fingerprint density at radius 3 is 1.91 bits per heavy atom. The quantitative estimate of drug-likeness (QED) is 0.476. The summed E-state index contributed by atoms with van der Waals surface area (Å²) in [7, 11) is -0.432. The Bertz CT molecular complexity index is 203. The Kier molecular flexibility index (Phi) is 6.45. The molecule has 0 bridgehead atoms. The molecule has 0 saturated carbocycles. The summed E-state index contributed by atoms with van der Waals surface area (Å²) in [4.78, 5) is 8.85. The van der Waals surface area contributed by atoms with Crippen LogP contribution < -0.4 is 0 Å². The summed E-state index contributed by atoms with van der Waals surface area (Å²) in [6, 6.07) is 10.6. The highest BCUT2D eigenvalue weighted by molar-refractivity contribution is 7.42. The highest BCUT2D eigenvalue weighted by Gasteiger charge is 1.72. The topological polar surface area (TPSA) is 34.1 Å². The molecule has 58 valence electrons. The van der Waals surface area contributed by atoms with Gasteiger partial charge in [-0.15, -0.1) is 0 Å². The van der Waals surface area contributed by atoms with Gasteiger partial charge in [0.1, 0.15) is 0 Å². The average molecular weight is 168 g/mol. The van der Waals surface area contributed by atoms with Crippen LogP contribution in [0.3, 0.4) is 0 Å². The second kappa shape index (κ2) is 7.10. The third-order valence-corrected chi connectivity index (χ3v) is 1.07. The van der Waals surface area contributed by atoms with Gasteiger partial charge in [-0.2, -0.15) is 0 Å². The second-order valence-electron chi connectivity index (χ2n) is 1.87. The fourth-order valence-electron chi connectivity index (χ4n) is 0.534. The van der Waals surface area contributed by atoms with Gasteiger partial charge in [-0.25, -0.2) is 0 Å². The van der Waals surface area contributed by atoms with Crippen molar-refractivity contribution < 1.29 is 9.36 Å². The molecule has 0 fully saturated rings. The highest BCUT2D eigenvalue weighted by Crippen LogP contribution is 1.92. The predicted octanol–water partition coefficient (Wildman–Crippen LogP) is 2.46. The zero-order valence-electron chi connectivity index (χ0n) is 6.23. The molecular weight excluding hydrogens is 159 g/mol. The molecule has 2 nitrogen and oxygen atoms in total. The summed E-state index contributed by atoms with van der Waals surface area (Å²) in [5.41, 5.74) is 1.32. The van der Waals surface area contributed by atoms with E-state index in [1.807, 2.05) is 18.2 Å². The van der Waals surface area contributed by atoms with Crippen LogP contribution in [0.5, 0.6) is 0 Å². The van der Waals surface area contributed by atoms with Crippen molar-refractivity contribution in [3.63, 3.8) is 0 Å². The SMILES string of the molecule is Cc1ccccc1.O=CP=O. The van der Waals surface area contributed by atoms with E-state index < -0.39 is 8.46 Å². The number of aryl methyl sites for hydroxylation is 1. The molecule has 0 aromatic heterocycles. The van der Waals surface area contributed by atoms with Crippen LogP contribution in [0.2, 0.25) is 0 Å². The van der Waals surface area contributed by atoms with E-state index in [1.54, 1.807) is 0 Å². The van der Waals surface area contributed by atoms with Gasteiger partial charge in [0, 0.05) is 0 Å². The normalized spacial score (nSPS) is 8.09.